The van der Waals surface area contributed by atoms with Gasteiger partial charge in [-0.3, -0.25) is 19.2 Å². The van der Waals surface area contributed by atoms with Gasteiger partial charge in [-0.2, -0.15) is 0 Å². The summed E-state index contributed by atoms with van der Waals surface area (Å²) in [6, 6.07) is 10.2. The summed E-state index contributed by atoms with van der Waals surface area (Å²) in [4.78, 5) is 49.0. The fourth-order valence-corrected chi connectivity index (χ4v) is 5.21. The van der Waals surface area contributed by atoms with Gasteiger partial charge in [0, 0.05) is 32.4 Å². The quantitative estimate of drug-likeness (QED) is 0.352. The van der Waals surface area contributed by atoms with Crippen LogP contribution in [0.1, 0.15) is 41.4 Å². The topological polar surface area (TPSA) is 94.3 Å². The summed E-state index contributed by atoms with van der Waals surface area (Å²) in [5.74, 6) is -1.28. The first kappa shape index (κ1) is 24.5. The van der Waals surface area contributed by atoms with Crippen LogP contribution in [0.4, 0.5) is 5.69 Å². The first-order chi connectivity index (χ1) is 16.4. The number of Topliss-reactive ketones (excluding diaryl/α,β-unsaturated/α-hetero) is 4. The molecule has 2 aromatic carbocycles. The second-order valence-corrected chi connectivity index (χ2v) is 9.51. The Morgan fingerprint density at radius 1 is 0.543 bits per heavy atom. The zero-order valence-electron chi connectivity index (χ0n) is 19.0. The second kappa shape index (κ2) is 9.55. The molecule has 6 rings (SSSR count). The molecule has 5 nitrogen and oxygen atoms in total. The Labute approximate surface area is 212 Å². The molecule has 2 aromatic rings. The Kier molecular flexibility index (Phi) is 6.68. The standard InChI is InChI=1S/C14H9BrO2.C14H11NO2.CH3/c2*15-8-5-6-11-12(7-8)14(17)10-4-2-1-3-9(10)13(11)16;/h1-7,9-10H;1-7,9-10H,15H2;1H3/q;;-1. The van der Waals surface area contributed by atoms with Crippen molar-refractivity contribution in [3.05, 3.63) is 119 Å². The van der Waals surface area contributed by atoms with Crippen LogP contribution in [-0.4, -0.2) is 23.1 Å². The molecule has 0 saturated carbocycles. The number of hydrogen-bond acceptors (Lipinski definition) is 5. The number of rotatable bonds is 0. The molecule has 0 radical (unpaired) electrons. The largest absolute Gasteiger partial charge is 0.399 e. The third-order valence-electron chi connectivity index (χ3n) is 6.57. The van der Waals surface area contributed by atoms with Gasteiger partial charge in [0.05, 0.1) is 23.7 Å². The smallest absolute Gasteiger partial charge is 0.171 e. The lowest BCUT2D eigenvalue weighted by molar-refractivity contribution is 0.0801. The molecule has 35 heavy (non-hydrogen) atoms. The van der Waals surface area contributed by atoms with E-state index in [1.54, 1.807) is 48.6 Å². The summed E-state index contributed by atoms with van der Waals surface area (Å²) < 4.78 is 0.825. The maximum Gasteiger partial charge on any atom is 0.171 e. The summed E-state index contributed by atoms with van der Waals surface area (Å²) >= 11 is 3.33. The van der Waals surface area contributed by atoms with Crippen molar-refractivity contribution in [1.82, 2.24) is 0 Å². The molecule has 0 spiro atoms. The average Bonchev–Trinajstić information content (AvgIpc) is 2.86. The van der Waals surface area contributed by atoms with E-state index in [4.69, 9.17) is 5.73 Å². The third-order valence-corrected chi connectivity index (χ3v) is 7.06. The minimum absolute atomic E-state index is 0. The van der Waals surface area contributed by atoms with E-state index < -0.39 is 0 Å². The molecule has 4 aliphatic rings. The van der Waals surface area contributed by atoms with Gasteiger partial charge in [0.25, 0.3) is 0 Å². The van der Waals surface area contributed by atoms with Crippen LogP contribution in [0, 0.1) is 31.1 Å². The summed E-state index contributed by atoms with van der Waals surface area (Å²) in [6.07, 6.45) is 14.5. The van der Waals surface area contributed by atoms with Crippen LogP contribution in [0.2, 0.25) is 0 Å². The van der Waals surface area contributed by atoms with Gasteiger partial charge in [0.2, 0.25) is 0 Å². The predicted octanol–water partition coefficient (Wildman–Crippen LogP) is 5.64. The van der Waals surface area contributed by atoms with E-state index in [-0.39, 0.29) is 54.2 Å². The molecule has 4 aliphatic carbocycles. The summed E-state index contributed by atoms with van der Waals surface area (Å²) in [6.45, 7) is 0. The number of benzene rings is 2. The molecule has 0 fully saturated rings. The van der Waals surface area contributed by atoms with Crippen LogP contribution in [0.5, 0.6) is 0 Å². The lowest BCUT2D eigenvalue weighted by atomic mass is 9.72. The van der Waals surface area contributed by atoms with Crippen molar-refractivity contribution in [3.63, 3.8) is 0 Å². The number of nitrogens with two attached hydrogens (primary N) is 1. The highest BCUT2D eigenvalue weighted by molar-refractivity contribution is 9.10. The van der Waals surface area contributed by atoms with E-state index in [2.05, 4.69) is 15.9 Å². The van der Waals surface area contributed by atoms with Crippen LogP contribution in [0.15, 0.2) is 89.5 Å². The molecule has 6 heteroatoms. The third kappa shape index (κ3) is 4.19. The SMILES string of the molecule is Nc1ccc2c(c1)C(=O)C1C=CC=CC1C2=O.O=C1c2ccc(Br)cc2C(=O)C2C=CC=CC12.[CH3-]. The van der Waals surface area contributed by atoms with Gasteiger partial charge < -0.3 is 13.2 Å². The maximum absolute atomic E-state index is 12.3. The number of carbonyl (C=O) groups excluding carboxylic acids is 4. The number of carbonyl (C=O) groups is 4. The monoisotopic (exact) mass is 528 g/mol. The van der Waals surface area contributed by atoms with Crippen molar-refractivity contribution < 1.29 is 19.2 Å². The first-order valence-electron chi connectivity index (χ1n) is 10.9. The van der Waals surface area contributed by atoms with E-state index in [0.29, 0.717) is 27.9 Å². The van der Waals surface area contributed by atoms with Crippen molar-refractivity contribution in [2.24, 2.45) is 23.7 Å². The maximum atomic E-state index is 12.3. The minimum atomic E-state index is -0.359. The van der Waals surface area contributed by atoms with Crippen LogP contribution >= 0.6 is 15.9 Å². The van der Waals surface area contributed by atoms with E-state index in [1.165, 1.54) is 0 Å². The number of ketones is 4. The van der Waals surface area contributed by atoms with Gasteiger partial charge in [-0.1, -0.05) is 64.5 Å². The molecular formula is C29H23BrNO4-. The predicted molar refractivity (Wildman–Crippen MR) is 139 cm³/mol. The molecule has 2 N–H and O–H groups in total. The normalized spacial score (nSPS) is 24.9. The first-order valence-corrected chi connectivity index (χ1v) is 11.7. The molecule has 0 aromatic heterocycles. The summed E-state index contributed by atoms with van der Waals surface area (Å²) in [5.41, 5.74) is 8.19. The number of nitrogen functional groups attached to an aromatic ring is 1. The lowest BCUT2D eigenvalue weighted by Crippen LogP contribution is -2.35. The van der Waals surface area contributed by atoms with Crippen LogP contribution in [0.3, 0.4) is 0 Å². The van der Waals surface area contributed by atoms with Gasteiger partial charge in [-0.15, -0.1) is 0 Å². The number of hydrogen-bond donors (Lipinski definition) is 1. The Hall–Kier alpha value is -3.64. The molecule has 4 atom stereocenters. The van der Waals surface area contributed by atoms with Crippen molar-refractivity contribution in [1.29, 1.82) is 0 Å². The average molecular weight is 529 g/mol. The highest BCUT2D eigenvalue weighted by atomic mass is 79.9. The lowest BCUT2D eigenvalue weighted by Gasteiger charge is -2.28. The van der Waals surface area contributed by atoms with Gasteiger partial charge in [-0.25, -0.2) is 0 Å². The molecule has 0 bridgehead atoms. The Morgan fingerprint density at radius 3 is 1.37 bits per heavy atom. The fourth-order valence-electron chi connectivity index (χ4n) is 4.85. The molecule has 176 valence electrons. The van der Waals surface area contributed by atoms with Gasteiger partial charge in [0.1, 0.15) is 0 Å². The Bertz CT molecular complexity index is 1280. The van der Waals surface area contributed by atoms with Crippen LogP contribution < -0.4 is 5.73 Å². The van der Waals surface area contributed by atoms with Gasteiger partial charge in [-0.05, 0) is 36.4 Å². The minimum Gasteiger partial charge on any atom is -0.399 e. The van der Waals surface area contributed by atoms with E-state index in [0.717, 1.165) is 4.47 Å². The Morgan fingerprint density at radius 2 is 0.914 bits per heavy atom. The molecule has 4 unspecified atom stereocenters. The fraction of sp³-hybridized carbons (Fsp3) is 0.138. The Balaban J connectivity index is 0.000000160. The summed E-state index contributed by atoms with van der Waals surface area (Å²) in [7, 11) is 0. The van der Waals surface area contributed by atoms with Crippen LogP contribution in [0.25, 0.3) is 0 Å². The molecule has 0 saturated heterocycles. The number of allylic oxidation sites excluding steroid dienone is 8. The zero-order valence-corrected chi connectivity index (χ0v) is 20.6. The van der Waals surface area contributed by atoms with Crippen molar-refractivity contribution in [2.75, 3.05) is 5.73 Å². The van der Waals surface area contributed by atoms with Crippen molar-refractivity contribution in [3.8, 4) is 0 Å². The molecular weight excluding hydrogens is 506 g/mol. The van der Waals surface area contributed by atoms with Crippen molar-refractivity contribution >= 4 is 44.8 Å². The zero-order chi connectivity index (χ0) is 24.0. The highest BCUT2D eigenvalue weighted by Crippen LogP contribution is 2.36. The van der Waals surface area contributed by atoms with Gasteiger partial charge in [0.15, 0.2) is 23.1 Å². The number of halogens is 1. The summed E-state index contributed by atoms with van der Waals surface area (Å²) in [5, 5.41) is 0. The number of anilines is 1. The van der Waals surface area contributed by atoms with Gasteiger partial charge >= 0.3 is 0 Å². The second-order valence-electron chi connectivity index (χ2n) is 8.59. The van der Waals surface area contributed by atoms with E-state index in [9.17, 15) is 19.2 Å². The van der Waals surface area contributed by atoms with E-state index in [1.807, 2.05) is 36.5 Å². The van der Waals surface area contributed by atoms with E-state index >= 15 is 0 Å². The molecule has 0 heterocycles. The molecule has 0 amide bonds. The number of fused-ring (bicyclic) bond motifs is 4. The van der Waals surface area contributed by atoms with Crippen LogP contribution in [-0.2, 0) is 0 Å². The highest BCUT2D eigenvalue weighted by Gasteiger charge is 2.40. The molecule has 0 aliphatic heterocycles. The van der Waals surface area contributed by atoms with Crippen molar-refractivity contribution in [2.45, 2.75) is 0 Å².